The molecule has 4 N–H and O–H groups in total. The average molecular weight is 517 g/mol. The maximum atomic E-state index is 11.1. The topological polar surface area (TPSA) is 152 Å². The van der Waals surface area contributed by atoms with Crippen LogP contribution in [0, 0.1) is 0 Å². The summed E-state index contributed by atoms with van der Waals surface area (Å²) in [4.78, 5) is 22.2. The second kappa shape index (κ2) is 15.4. The van der Waals surface area contributed by atoms with Gasteiger partial charge in [0.05, 0.1) is 13.2 Å². The van der Waals surface area contributed by atoms with Crippen LogP contribution in [0.3, 0.4) is 0 Å². The zero-order valence-electron chi connectivity index (χ0n) is 20.4. The number of carbonyl (C=O) groups is 2. The van der Waals surface area contributed by atoms with Gasteiger partial charge in [0, 0.05) is 23.3 Å². The first kappa shape index (κ1) is 29.5. The molecule has 2 atom stereocenters. The molecule has 2 rings (SSSR count). The smallest absolute Gasteiger partial charge is 0.330 e. The van der Waals surface area contributed by atoms with E-state index in [2.05, 4.69) is 13.2 Å². The van der Waals surface area contributed by atoms with Crippen molar-refractivity contribution < 1.29 is 49.0 Å². The molecule has 0 fully saturated rings. The van der Waals surface area contributed by atoms with E-state index in [1.807, 2.05) is 12.1 Å². The Morgan fingerprint density at radius 3 is 1.49 bits per heavy atom. The van der Waals surface area contributed by atoms with Gasteiger partial charge in [-0.05, 0) is 41.8 Å². The second-order valence-corrected chi connectivity index (χ2v) is 7.98. The molecule has 0 aromatic heterocycles. The summed E-state index contributed by atoms with van der Waals surface area (Å²) >= 11 is 0. The predicted octanol–water partition coefficient (Wildman–Crippen LogP) is 1.20. The fourth-order valence-electron chi connectivity index (χ4n) is 3.19. The molecule has 2 unspecified atom stereocenters. The lowest BCUT2D eigenvalue weighted by Gasteiger charge is -2.16. The minimum atomic E-state index is -1.05. The number of ether oxygens (including phenoxy) is 4. The SMILES string of the molecule is C=CC(=O)OCC(O)COc1ccc(Cc2ccc(OCC(O)COC(=O)C=C)c(CO)c2)cc1CO. The molecule has 0 aliphatic carbocycles. The third kappa shape index (κ3) is 10.1. The van der Waals surface area contributed by atoms with Gasteiger partial charge < -0.3 is 39.4 Å². The van der Waals surface area contributed by atoms with E-state index in [0.29, 0.717) is 29.0 Å². The third-order valence-corrected chi connectivity index (χ3v) is 5.03. The molecule has 200 valence electrons. The van der Waals surface area contributed by atoms with Crippen LogP contribution in [0.2, 0.25) is 0 Å². The minimum Gasteiger partial charge on any atom is -0.490 e. The van der Waals surface area contributed by atoms with Crippen LogP contribution in [-0.2, 0) is 38.7 Å². The molecule has 10 nitrogen and oxygen atoms in total. The Balaban J connectivity index is 1.98. The third-order valence-electron chi connectivity index (χ3n) is 5.03. The van der Waals surface area contributed by atoms with E-state index in [1.54, 1.807) is 24.3 Å². The van der Waals surface area contributed by atoms with Crippen LogP contribution in [-0.4, -0.2) is 71.0 Å². The van der Waals surface area contributed by atoms with Crippen molar-refractivity contribution in [3.63, 3.8) is 0 Å². The van der Waals surface area contributed by atoms with Crippen LogP contribution in [0.4, 0.5) is 0 Å². The van der Waals surface area contributed by atoms with E-state index >= 15 is 0 Å². The molecule has 0 bridgehead atoms. The van der Waals surface area contributed by atoms with E-state index in [0.717, 1.165) is 23.3 Å². The zero-order valence-corrected chi connectivity index (χ0v) is 20.4. The number of carbonyl (C=O) groups excluding carboxylic acids is 2. The molecule has 10 heteroatoms. The van der Waals surface area contributed by atoms with Gasteiger partial charge in [-0.3, -0.25) is 0 Å². The van der Waals surface area contributed by atoms with Crippen molar-refractivity contribution >= 4 is 11.9 Å². The summed E-state index contributed by atoms with van der Waals surface area (Å²) in [6, 6.07) is 10.5. The Kier molecular flexibility index (Phi) is 12.3. The van der Waals surface area contributed by atoms with Gasteiger partial charge in [0.25, 0.3) is 0 Å². The van der Waals surface area contributed by atoms with Gasteiger partial charge >= 0.3 is 11.9 Å². The summed E-state index contributed by atoms with van der Waals surface area (Å²) in [6.07, 6.45) is 0.390. The number of hydrogen-bond acceptors (Lipinski definition) is 10. The number of aliphatic hydroxyl groups excluding tert-OH is 4. The molecule has 0 radical (unpaired) electrons. The minimum absolute atomic E-state index is 0.135. The van der Waals surface area contributed by atoms with Gasteiger partial charge in [-0.2, -0.15) is 0 Å². The Bertz CT molecular complexity index is 982. The van der Waals surface area contributed by atoms with Gasteiger partial charge in [-0.1, -0.05) is 25.3 Å². The van der Waals surface area contributed by atoms with Crippen LogP contribution < -0.4 is 9.47 Å². The molecule has 2 aromatic carbocycles. The molecule has 0 saturated heterocycles. The van der Waals surface area contributed by atoms with E-state index in [4.69, 9.17) is 18.9 Å². The summed E-state index contributed by atoms with van der Waals surface area (Å²) in [7, 11) is 0. The van der Waals surface area contributed by atoms with Crippen molar-refractivity contribution in [3.05, 3.63) is 84.0 Å². The normalized spacial score (nSPS) is 12.2. The summed E-state index contributed by atoms with van der Waals surface area (Å²) in [5, 5.41) is 39.3. The molecule has 0 spiro atoms. The van der Waals surface area contributed by atoms with Crippen molar-refractivity contribution in [1.29, 1.82) is 0 Å². The molecule has 2 aromatic rings. The average Bonchev–Trinajstić information content (AvgIpc) is 2.92. The van der Waals surface area contributed by atoms with Gasteiger partial charge in [0.1, 0.15) is 50.1 Å². The monoisotopic (exact) mass is 516 g/mol. The molecule has 0 aliphatic rings. The molecule has 0 heterocycles. The molecular formula is C27H32O10. The fourth-order valence-corrected chi connectivity index (χ4v) is 3.19. The van der Waals surface area contributed by atoms with Crippen LogP contribution in [0.15, 0.2) is 61.7 Å². The lowest BCUT2D eigenvalue weighted by molar-refractivity contribution is -0.142. The number of benzene rings is 2. The molecule has 0 aliphatic heterocycles. The van der Waals surface area contributed by atoms with Crippen molar-refractivity contribution in [2.45, 2.75) is 31.8 Å². The highest BCUT2D eigenvalue weighted by Gasteiger charge is 2.13. The second-order valence-electron chi connectivity index (χ2n) is 7.98. The Morgan fingerprint density at radius 1 is 0.730 bits per heavy atom. The van der Waals surface area contributed by atoms with E-state index in [1.165, 1.54) is 0 Å². The van der Waals surface area contributed by atoms with Gasteiger partial charge in [0.2, 0.25) is 0 Å². The standard InChI is InChI=1S/C27H32O10/c1-3-26(32)36-16-22(30)14-34-24-7-5-18(10-20(24)12-28)9-19-6-8-25(21(11-19)13-29)35-15-23(31)17-37-27(33)4-2/h3-8,10-11,22-23,28-31H,1-2,9,12-17H2. The number of rotatable bonds is 16. The maximum absolute atomic E-state index is 11.1. The van der Waals surface area contributed by atoms with Crippen LogP contribution in [0.5, 0.6) is 11.5 Å². The largest absolute Gasteiger partial charge is 0.490 e. The van der Waals surface area contributed by atoms with Crippen LogP contribution in [0.25, 0.3) is 0 Å². The maximum Gasteiger partial charge on any atom is 0.330 e. The summed E-state index contributed by atoms with van der Waals surface area (Å²) in [6.45, 7) is 5.22. The lowest BCUT2D eigenvalue weighted by atomic mass is 10.0. The van der Waals surface area contributed by atoms with Crippen LogP contribution in [0.1, 0.15) is 22.3 Å². The Hall–Kier alpha value is -3.70. The highest BCUT2D eigenvalue weighted by Crippen LogP contribution is 2.25. The quantitative estimate of drug-likeness (QED) is 0.189. The molecular weight excluding hydrogens is 484 g/mol. The number of aliphatic hydroxyl groups is 4. The van der Waals surface area contributed by atoms with Gasteiger partial charge in [-0.25, -0.2) is 9.59 Å². The fraction of sp³-hybridized carbons (Fsp3) is 0.333. The van der Waals surface area contributed by atoms with E-state index in [-0.39, 0.29) is 39.6 Å². The summed E-state index contributed by atoms with van der Waals surface area (Å²) in [5.41, 5.74) is 2.77. The van der Waals surface area contributed by atoms with Crippen molar-refractivity contribution in [2.24, 2.45) is 0 Å². The summed E-state index contributed by atoms with van der Waals surface area (Å²) < 4.78 is 20.7. The number of esters is 2. The van der Waals surface area contributed by atoms with Crippen molar-refractivity contribution in [1.82, 2.24) is 0 Å². The zero-order chi connectivity index (χ0) is 27.2. The van der Waals surface area contributed by atoms with Crippen molar-refractivity contribution in [3.8, 4) is 11.5 Å². The molecule has 0 saturated carbocycles. The first-order valence-corrected chi connectivity index (χ1v) is 11.4. The highest BCUT2D eigenvalue weighted by atomic mass is 16.6. The molecule has 0 amide bonds. The molecule has 37 heavy (non-hydrogen) atoms. The van der Waals surface area contributed by atoms with Crippen LogP contribution >= 0.6 is 0 Å². The first-order chi connectivity index (χ1) is 17.8. The van der Waals surface area contributed by atoms with E-state index < -0.39 is 24.1 Å². The predicted molar refractivity (Wildman–Crippen MR) is 133 cm³/mol. The van der Waals surface area contributed by atoms with Gasteiger partial charge in [0.15, 0.2) is 0 Å². The lowest BCUT2D eigenvalue weighted by Crippen LogP contribution is -2.25. The summed E-state index contributed by atoms with van der Waals surface area (Å²) in [5.74, 6) is -0.519. The highest BCUT2D eigenvalue weighted by molar-refractivity contribution is 5.81. The van der Waals surface area contributed by atoms with Gasteiger partial charge in [-0.15, -0.1) is 0 Å². The van der Waals surface area contributed by atoms with E-state index in [9.17, 15) is 30.0 Å². The Labute approximate surface area is 215 Å². The number of hydrogen-bond donors (Lipinski definition) is 4. The Morgan fingerprint density at radius 2 is 1.14 bits per heavy atom. The van der Waals surface area contributed by atoms with Crippen molar-refractivity contribution in [2.75, 3.05) is 26.4 Å². The first-order valence-electron chi connectivity index (χ1n) is 11.4.